The van der Waals surface area contributed by atoms with E-state index in [-0.39, 0.29) is 28.4 Å². The highest BCUT2D eigenvalue weighted by atomic mass is 35.5. The molecular weight excluding hydrogens is 365 g/mol. The predicted molar refractivity (Wildman–Crippen MR) is 97.5 cm³/mol. The Balaban J connectivity index is 2.16. The minimum atomic E-state index is -0.499. The average Bonchev–Trinajstić information content (AvgIpc) is 2.99. The minimum Gasteiger partial charge on any atom is -0.347 e. The van der Waals surface area contributed by atoms with E-state index in [1.54, 1.807) is 5.38 Å². The zero-order valence-corrected chi connectivity index (χ0v) is 15.7. The topological polar surface area (TPSA) is 71.1 Å². The summed E-state index contributed by atoms with van der Waals surface area (Å²) in [5.41, 5.74) is 0.376. The van der Waals surface area contributed by atoms with Crippen LogP contribution in [0.1, 0.15) is 48.7 Å². The van der Waals surface area contributed by atoms with E-state index in [1.807, 2.05) is 13.8 Å². The summed E-state index contributed by atoms with van der Waals surface area (Å²) in [5, 5.41) is 7.89. The van der Waals surface area contributed by atoms with Gasteiger partial charge in [-0.15, -0.1) is 11.3 Å². The van der Waals surface area contributed by atoms with E-state index < -0.39 is 11.7 Å². The molecule has 0 bridgehead atoms. The van der Waals surface area contributed by atoms with Gasteiger partial charge in [0.1, 0.15) is 16.5 Å². The number of anilines is 1. The first kappa shape index (κ1) is 19.3. The molecule has 2 amide bonds. The smallest absolute Gasteiger partial charge is 0.275 e. The summed E-state index contributed by atoms with van der Waals surface area (Å²) in [6.45, 7) is 5.53. The molecule has 1 aromatic carbocycles. The molecule has 0 aliphatic rings. The van der Waals surface area contributed by atoms with E-state index in [2.05, 4.69) is 15.6 Å². The maximum Gasteiger partial charge on any atom is 0.275 e. The lowest BCUT2D eigenvalue weighted by molar-refractivity contribution is -0.119. The predicted octanol–water partition coefficient (Wildman–Crippen LogP) is 4.41. The van der Waals surface area contributed by atoms with Crippen LogP contribution in [0.15, 0.2) is 23.6 Å². The highest BCUT2D eigenvalue weighted by molar-refractivity contribution is 7.10. The fourth-order valence-corrected chi connectivity index (χ4v) is 3.30. The highest BCUT2D eigenvalue weighted by Crippen LogP contribution is 2.26. The number of hydrogen-bond donors (Lipinski definition) is 2. The van der Waals surface area contributed by atoms with Gasteiger partial charge in [-0.1, -0.05) is 25.4 Å². The van der Waals surface area contributed by atoms with E-state index in [0.717, 1.165) is 6.07 Å². The van der Waals surface area contributed by atoms with Crippen LogP contribution in [0.4, 0.5) is 10.1 Å². The van der Waals surface area contributed by atoms with Crippen molar-refractivity contribution < 1.29 is 14.0 Å². The standard InChI is InChI=1S/C17H19ClFN3O2S/c1-9(2)6-14(20-10(3)23)17-22-15(8-25-17)16(24)21-13-7-11(19)4-5-12(13)18/h4-5,7-9,14H,6H2,1-3H3,(H,20,23)(H,21,24)/t14-/m1/s1. The Morgan fingerprint density at radius 2 is 2.08 bits per heavy atom. The van der Waals surface area contributed by atoms with E-state index in [0.29, 0.717) is 17.3 Å². The number of halogens is 2. The third-order valence-electron chi connectivity index (χ3n) is 3.31. The van der Waals surface area contributed by atoms with Crippen molar-refractivity contribution in [2.24, 2.45) is 5.92 Å². The molecule has 0 saturated carbocycles. The first-order valence-corrected chi connectivity index (χ1v) is 9.01. The monoisotopic (exact) mass is 383 g/mol. The molecule has 0 fully saturated rings. The van der Waals surface area contributed by atoms with Crippen molar-refractivity contribution in [3.05, 3.63) is 45.1 Å². The molecular formula is C17H19ClFN3O2S. The Bertz CT molecular complexity index is 779. The lowest BCUT2D eigenvalue weighted by Crippen LogP contribution is -2.27. The summed E-state index contributed by atoms with van der Waals surface area (Å²) in [6.07, 6.45) is 0.712. The van der Waals surface area contributed by atoms with Crippen LogP contribution < -0.4 is 10.6 Å². The molecule has 0 saturated heterocycles. The fourth-order valence-electron chi connectivity index (χ4n) is 2.27. The molecule has 2 aromatic rings. The van der Waals surface area contributed by atoms with Crippen LogP contribution in [0.3, 0.4) is 0 Å². The molecule has 0 spiro atoms. The number of nitrogens with zero attached hydrogens (tertiary/aromatic N) is 1. The molecule has 1 aromatic heterocycles. The van der Waals surface area contributed by atoms with E-state index >= 15 is 0 Å². The van der Waals surface area contributed by atoms with Crippen molar-refractivity contribution in [2.75, 3.05) is 5.32 Å². The van der Waals surface area contributed by atoms with Crippen molar-refractivity contribution in [2.45, 2.75) is 33.2 Å². The van der Waals surface area contributed by atoms with Gasteiger partial charge in [-0.2, -0.15) is 0 Å². The summed E-state index contributed by atoms with van der Waals surface area (Å²) in [7, 11) is 0. The number of nitrogens with one attached hydrogen (secondary N) is 2. The van der Waals surface area contributed by atoms with Crippen LogP contribution in [-0.2, 0) is 4.79 Å². The van der Waals surface area contributed by atoms with Gasteiger partial charge < -0.3 is 10.6 Å². The van der Waals surface area contributed by atoms with Crippen LogP contribution >= 0.6 is 22.9 Å². The molecule has 0 unspecified atom stereocenters. The largest absolute Gasteiger partial charge is 0.347 e. The van der Waals surface area contributed by atoms with Gasteiger partial charge in [-0.3, -0.25) is 9.59 Å². The van der Waals surface area contributed by atoms with Gasteiger partial charge in [-0.05, 0) is 30.5 Å². The summed E-state index contributed by atoms with van der Waals surface area (Å²) in [6, 6.07) is 3.48. The number of carbonyl (C=O) groups is 2. The van der Waals surface area contributed by atoms with Gasteiger partial charge in [0, 0.05) is 12.3 Å². The Morgan fingerprint density at radius 1 is 1.36 bits per heavy atom. The van der Waals surface area contributed by atoms with E-state index in [9.17, 15) is 14.0 Å². The number of amides is 2. The van der Waals surface area contributed by atoms with Crippen molar-refractivity contribution in [1.29, 1.82) is 0 Å². The van der Waals surface area contributed by atoms with Crippen LogP contribution in [-0.4, -0.2) is 16.8 Å². The van der Waals surface area contributed by atoms with E-state index in [1.165, 1.54) is 30.4 Å². The maximum absolute atomic E-state index is 13.3. The number of hydrogen-bond acceptors (Lipinski definition) is 4. The Labute approximate surface area is 154 Å². The second kappa shape index (κ2) is 8.40. The SMILES string of the molecule is CC(=O)N[C@H](CC(C)C)c1nc(C(=O)Nc2cc(F)ccc2Cl)cs1. The van der Waals surface area contributed by atoms with Gasteiger partial charge >= 0.3 is 0 Å². The van der Waals surface area contributed by atoms with Crippen LogP contribution in [0, 0.1) is 11.7 Å². The molecule has 25 heavy (non-hydrogen) atoms. The minimum absolute atomic E-state index is 0.154. The number of rotatable bonds is 6. The summed E-state index contributed by atoms with van der Waals surface area (Å²) in [5.74, 6) is -0.787. The average molecular weight is 384 g/mol. The molecule has 134 valence electrons. The van der Waals surface area contributed by atoms with Crippen molar-refractivity contribution in [3.8, 4) is 0 Å². The fraction of sp³-hybridized carbons (Fsp3) is 0.353. The lowest BCUT2D eigenvalue weighted by Gasteiger charge is -2.17. The zero-order valence-electron chi connectivity index (χ0n) is 14.1. The van der Waals surface area contributed by atoms with Crippen molar-refractivity contribution in [1.82, 2.24) is 10.3 Å². The van der Waals surface area contributed by atoms with Gasteiger partial charge in [-0.25, -0.2) is 9.37 Å². The first-order valence-electron chi connectivity index (χ1n) is 7.75. The highest BCUT2D eigenvalue weighted by Gasteiger charge is 2.20. The molecule has 2 N–H and O–H groups in total. The molecule has 0 aliphatic heterocycles. The van der Waals surface area contributed by atoms with Gasteiger partial charge in [0.25, 0.3) is 5.91 Å². The quantitative estimate of drug-likeness (QED) is 0.776. The van der Waals surface area contributed by atoms with Gasteiger partial charge in [0.15, 0.2) is 0 Å². The summed E-state index contributed by atoms with van der Waals surface area (Å²) < 4.78 is 13.3. The third kappa shape index (κ3) is 5.51. The molecule has 0 radical (unpaired) electrons. The molecule has 5 nitrogen and oxygen atoms in total. The lowest BCUT2D eigenvalue weighted by atomic mass is 10.0. The van der Waals surface area contributed by atoms with Crippen LogP contribution in [0.5, 0.6) is 0 Å². The van der Waals surface area contributed by atoms with Gasteiger partial charge in [0.05, 0.1) is 16.8 Å². The number of carbonyl (C=O) groups excluding carboxylic acids is 2. The molecule has 0 aliphatic carbocycles. The molecule has 8 heteroatoms. The normalized spacial score (nSPS) is 12.1. The van der Waals surface area contributed by atoms with Crippen molar-refractivity contribution in [3.63, 3.8) is 0 Å². The second-order valence-corrected chi connectivity index (χ2v) is 7.33. The Morgan fingerprint density at radius 3 is 2.72 bits per heavy atom. The van der Waals surface area contributed by atoms with Crippen LogP contribution in [0.2, 0.25) is 5.02 Å². The molecule has 2 rings (SSSR count). The van der Waals surface area contributed by atoms with Gasteiger partial charge in [0.2, 0.25) is 5.91 Å². The number of thiazole rings is 1. The number of benzene rings is 1. The van der Waals surface area contributed by atoms with E-state index in [4.69, 9.17) is 11.6 Å². The Hall–Kier alpha value is -1.99. The molecule has 1 atom stereocenters. The maximum atomic E-state index is 13.3. The zero-order chi connectivity index (χ0) is 18.6. The third-order valence-corrected chi connectivity index (χ3v) is 4.60. The molecule has 1 heterocycles. The van der Waals surface area contributed by atoms with Crippen LogP contribution in [0.25, 0.3) is 0 Å². The Kier molecular flexibility index (Phi) is 6.50. The number of aromatic nitrogens is 1. The summed E-state index contributed by atoms with van der Waals surface area (Å²) in [4.78, 5) is 28.0. The summed E-state index contributed by atoms with van der Waals surface area (Å²) >= 11 is 7.25. The van der Waals surface area contributed by atoms with Crippen molar-refractivity contribution >= 4 is 40.4 Å². The second-order valence-electron chi connectivity index (χ2n) is 6.03. The first-order chi connectivity index (χ1) is 11.8.